The number of benzene rings is 2. The third kappa shape index (κ3) is 4.98. The van der Waals surface area contributed by atoms with Gasteiger partial charge in [-0.25, -0.2) is 0 Å². The van der Waals surface area contributed by atoms with E-state index in [2.05, 4.69) is 17.2 Å². The zero-order valence-electron chi connectivity index (χ0n) is 16.0. The van der Waals surface area contributed by atoms with E-state index in [0.29, 0.717) is 17.0 Å². The fourth-order valence-corrected chi connectivity index (χ4v) is 2.99. The van der Waals surface area contributed by atoms with Gasteiger partial charge in [0.05, 0.1) is 0 Å². The smallest absolute Gasteiger partial charge is 0.265 e. The molecule has 1 aliphatic rings. The van der Waals surface area contributed by atoms with Gasteiger partial charge in [0.25, 0.3) is 17.7 Å². The lowest BCUT2D eigenvalue weighted by Gasteiger charge is -2.27. The standard InChI is InChI=1S/C22H19N3O4S/c1-2-12-25-21(28)17(20(27)24-22(25)30)13-15-8-6-7-11-18(15)29-14-19(26)23-16-9-4-3-5-10-16/h2-11,13H,1,12,14H2,(H,23,26)(H,24,27,30). The van der Waals surface area contributed by atoms with Crippen LogP contribution in [0.25, 0.3) is 6.08 Å². The largest absolute Gasteiger partial charge is 0.483 e. The lowest BCUT2D eigenvalue weighted by atomic mass is 10.1. The molecule has 0 bridgehead atoms. The molecule has 1 aliphatic heterocycles. The van der Waals surface area contributed by atoms with Gasteiger partial charge in [-0.05, 0) is 36.5 Å². The van der Waals surface area contributed by atoms with Gasteiger partial charge in [0.2, 0.25) is 0 Å². The molecule has 152 valence electrons. The van der Waals surface area contributed by atoms with Gasteiger partial charge >= 0.3 is 0 Å². The number of anilines is 1. The molecule has 0 unspecified atom stereocenters. The Morgan fingerprint density at radius 3 is 2.57 bits per heavy atom. The number of carbonyl (C=O) groups is 3. The number of para-hydroxylation sites is 2. The van der Waals surface area contributed by atoms with E-state index >= 15 is 0 Å². The summed E-state index contributed by atoms with van der Waals surface area (Å²) in [6.45, 7) is 3.53. The van der Waals surface area contributed by atoms with Crippen LogP contribution in [-0.4, -0.2) is 40.9 Å². The van der Waals surface area contributed by atoms with Crippen molar-refractivity contribution < 1.29 is 19.1 Å². The molecule has 3 amide bonds. The van der Waals surface area contributed by atoms with Crippen molar-refractivity contribution in [3.8, 4) is 5.75 Å². The average Bonchev–Trinajstić information content (AvgIpc) is 2.74. The summed E-state index contributed by atoms with van der Waals surface area (Å²) in [7, 11) is 0. The van der Waals surface area contributed by atoms with Crippen LogP contribution in [0.15, 0.2) is 72.8 Å². The summed E-state index contributed by atoms with van der Waals surface area (Å²) in [5.74, 6) is -1.10. The van der Waals surface area contributed by atoms with Gasteiger partial charge in [-0.1, -0.05) is 42.5 Å². The van der Waals surface area contributed by atoms with Crippen LogP contribution in [0.1, 0.15) is 5.56 Å². The third-order valence-electron chi connectivity index (χ3n) is 4.13. The van der Waals surface area contributed by atoms with Crippen LogP contribution in [0.3, 0.4) is 0 Å². The third-order valence-corrected chi connectivity index (χ3v) is 4.46. The van der Waals surface area contributed by atoms with E-state index in [0.717, 1.165) is 0 Å². The number of ether oxygens (including phenoxy) is 1. The molecule has 2 N–H and O–H groups in total. The molecule has 1 heterocycles. The summed E-state index contributed by atoms with van der Waals surface area (Å²) in [4.78, 5) is 38.4. The first kappa shape index (κ1) is 20.9. The van der Waals surface area contributed by atoms with Crippen LogP contribution >= 0.6 is 12.2 Å². The molecule has 0 radical (unpaired) electrons. The summed E-state index contributed by atoms with van der Waals surface area (Å²) in [5, 5.41) is 5.24. The fraction of sp³-hybridized carbons (Fsp3) is 0.0909. The summed E-state index contributed by atoms with van der Waals surface area (Å²) >= 11 is 5.04. The summed E-state index contributed by atoms with van der Waals surface area (Å²) in [6, 6.07) is 15.8. The quantitative estimate of drug-likeness (QED) is 0.310. The monoisotopic (exact) mass is 421 g/mol. The molecule has 0 aromatic heterocycles. The lowest BCUT2D eigenvalue weighted by Crippen LogP contribution is -2.53. The van der Waals surface area contributed by atoms with Gasteiger partial charge in [0.15, 0.2) is 11.7 Å². The molecule has 2 aromatic rings. The van der Waals surface area contributed by atoms with Crippen LogP contribution in [0.4, 0.5) is 5.69 Å². The van der Waals surface area contributed by atoms with Crippen molar-refractivity contribution in [2.24, 2.45) is 0 Å². The molecule has 0 spiro atoms. The number of amides is 3. The first-order chi connectivity index (χ1) is 14.5. The minimum Gasteiger partial charge on any atom is -0.483 e. The van der Waals surface area contributed by atoms with E-state index in [1.165, 1.54) is 17.1 Å². The zero-order chi connectivity index (χ0) is 21.5. The van der Waals surface area contributed by atoms with E-state index in [9.17, 15) is 14.4 Å². The van der Waals surface area contributed by atoms with E-state index in [1.807, 2.05) is 18.2 Å². The van der Waals surface area contributed by atoms with Gasteiger partial charge in [-0.3, -0.25) is 24.6 Å². The Morgan fingerprint density at radius 2 is 1.83 bits per heavy atom. The van der Waals surface area contributed by atoms with Crippen molar-refractivity contribution in [3.63, 3.8) is 0 Å². The Morgan fingerprint density at radius 1 is 1.13 bits per heavy atom. The predicted molar refractivity (Wildman–Crippen MR) is 118 cm³/mol. The van der Waals surface area contributed by atoms with Crippen molar-refractivity contribution in [1.29, 1.82) is 0 Å². The first-order valence-electron chi connectivity index (χ1n) is 9.06. The maximum absolute atomic E-state index is 12.7. The van der Waals surface area contributed by atoms with Gasteiger partial charge in [0, 0.05) is 17.8 Å². The van der Waals surface area contributed by atoms with Crippen LogP contribution in [0.2, 0.25) is 0 Å². The normalized spacial score (nSPS) is 15.0. The van der Waals surface area contributed by atoms with E-state index in [-0.39, 0.29) is 29.7 Å². The van der Waals surface area contributed by atoms with Crippen LogP contribution in [-0.2, 0) is 14.4 Å². The minimum absolute atomic E-state index is 0.0316. The highest BCUT2D eigenvalue weighted by Gasteiger charge is 2.32. The highest BCUT2D eigenvalue weighted by atomic mass is 32.1. The molecule has 0 aliphatic carbocycles. The number of hydrogen-bond donors (Lipinski definition) is 2. The highest BCUT2D eigenvalue weighted by Crippen LogP contribution is 2.23. The molecular weight excluding hydrogens is 402 g/mol. The fourth-order valence-electron chi connectivity index (χ4n) is 2.74. The number of nitrogens with one attached hydrogen (secondary N) is 2. The maximum Gasteiger partial charge on any atom is 0.265 e. The van der Waals surface area contributed by atoms with E-state index in [1.54, 1.807) is 36.4 Å². The van der Waals surface area contributed by atoms with Crippen LogP contribution in [0, 0.1) is 0 Å². The number of nitrogens with zero attached hydrogens (tertiary/aromatic N) is 1. The van der Waals surface area contributed by atoms with E-state index in [4.69, 9.17) is 17.0 Å². The van der Waals surface area contributed by atoms with Crippen molar-refractivity contribution in [2.75, 3.05) is 18.5 Å². The number of thiocarbonyl (C=S) groups is 1. The lowest BCUT2D eigenvalue weighted by molar-refractivity contribution is -0.128. The minimum atomic E-state index is -0.595. The van der Waals surface area contributed by atoms with Crippen molar-refractivity contribution in [2.45, 2.75) is 0 Å². The summed E-state index contributed by atoms with van der Waals surface area (Å²) in [6.07, 6.45) is 2.93. The number of hydrogen-bond acceptors (Lipinski definition) is 5. The SMILES string of the molecule is C=CCN1C(=O)C(=Cc2ccccc2OCC(=O)Nc2ccccc2)C(=O)NC1=S. The van der Waals surface area contributed by atoms with Crippen molar-refractivity contribution >= 4 is 46.8 Å². The second-order valence-corrected chi connectivity index (χ2v) is 6.65. The van der Waals surface area contributed by atoms with Crippen molar-refractivity contribution in [3.05, 3.63) is 78.4 Å². The molecule has 1 fully saturated rings. The first-order valence-corrected chi connectivity index (χ1v) is 9.47. The maximum atomic E-state index is 12.7. The Labute approximate surface area is 179 Å². The topological polar surface area (TPSA) is 87.7 Å². The van der Waals surface area contributed by atoms with Gasteiger partial charge < -0.3 is 10.1 Å². The number of carbonyl (C=O) groups excluding carboxylic acids is 3. The van der Waals surface area contributed by atoms with Gasteiger partial charge in [0.1, 0.15) is 11.3 Å². The Hall–Kier alpha value is -3.78. The Balaban J connectivity index is 1.76. The predicted octanol–water partition coefficient (Wildman–Crippen LogP) is 2.52. The van der Waals surface area contributed by atoms with Gasteiger partial charge in [-0.2, -0.15) is 0 Å². The van der Waals surface area contributed by atoms with Gasteiger partial charge in [-0.15, -0.1) is 6.58 Å². The average molecular weight is 421 g/mol. The van der Waals surface area contributed by atoms with Crippen LogP contribution in [0.5, 0.6) is 5.75 Å². The summed E-state index contributed by atoms with van der Waals surface area (Å²) < 4.78 is 5.62. The number of rotatable bonds is 7. The molecule has 3 rings (SSSR count). The molecule has 0 atom stereocenters. The zero-order valence-corrected chi connectivity index (χ0v) is 16.8. The molecule has 1 saturated heterocycles. The molecule has 30 heavy (non-hydrogen) atoms. The Kier molecular flexibility index (Phi) is 6.71. The molecule has 7 nitrogen and oxygen atoms in total. The van der Waals surface area contributed by atoms with Crippen LogP contribution < -0.4 is 15.4 Å². The van der Waals surface area contributed by atoms with E-state index < -0.39 is 11.8 Å². The Bertz CT molecular complexity index is 1030. The second kappa shape index (κ2) is 9.62. The second-order valence-electron chi connectivity index (χ2n) is 6.26. The molecule has 0 saturated carbocycles. The highest BCUT2D eigenvalue weighted by molar-refractivity contribution is 7.80. The van der Waals surface area contributed by atoms with Crippen molar-refractivity contribution in [1.82, 2.24) is 10.2 Å². The summed E-state index contributed by atoms with van der Waals surface area (Å²) in [5.41, 5.74) is 1.05. The molecule has 2 aromatic carbocycles. The molecule has 8 heteroatoms. The molecular formula is C22H19N3O4S.